The van der Waals surface area contributed by atoms with Crippen LogP contribution < -0.4 is 16.4 Å². The van der Waals surface area contributed by atoms with Gasteiger partial charge in [-0.1, -0.05) is 48.5 Å². The Labute approximate surface area is 203 Å². The second-order valence-electron chi connectivity index (χ2n) is 7.07. The van der Waals surface area contributed by atoms with Gasteiger partial charge in [-0.05, 0) is 40.2 Å². The fraction of sp³-hybridized carbons (Fsp3) is 0.0417. The molecular formula is C24H19BrN6O3. The van der Waals surface area contributed by atoms with Gasteiger partial charge in [0, 0.05) is 23.0 Å². The molecule has 0 saturated heterocycles. The van der Waals surface area contributed by atoms with Crippen LogP contribution in [-0.4, -0.2) is 27.2 Å². The van der Waals surface area contributed by atoms with Gasteiger partial charge in [0.1, 0.15) is 12.4 Å². The molecule has 4 aromatic rings. The Hall–Kier alpha value is -4.31. The average molecular weight is 519 g/mol. The van der Waals surface area contributed by atoms with Crippen LogP contribution in [0.2, 0.25) is 0 Å². The molecule has 0 saturated carbocycles. The van der Waals surface area contributed by atoms with Gasteiger partial charge in [0.25, 0.3) is 0 Å². The number of pyridine rings is 1. The number of anilines is 3. The van der Waals surface area contributed by atoms with Crippen molar-refractivity contribution in [1.82, 2.24) is 15.2 Å². The van der Waals surface area contributed by atoms with E-state index in [1.165, 1.54) is 12.3 Å². The maximum absolute atomic E-state index is 12.5. The lowest BCUT2D eigenvalue weighted by Crippen LogP contribution is -2.21. The van der Waals surface area contributed by atoms with Crippen LogP contribution >= 0.6 is 15.9 Å². The van der Waals surface area contributed by atoms with Crippen LogP contribution in [0.1, 0.15) is 15.9 Å². The lowest BCUT2D eigenvalue weighted by atomic mass is 10.1. The number of ether oxygens (including phenoxy) is 1. The topological polar surface area (TPSA) is 132 Å². The van der Waals surface area contributed by atoms with E-state index in [0.717, 1.165) is 5.56 Å². The third-order valence-electron chi connectivity index (χ3n) is 4.71. The molecule has 2 aromatic heterocycles. The van der Waals surface area contributed by atoms with E-state index in [1.807, 2.05) is 30.3 Å². The van der Waals surface area contributed by atoms with Gasteiger partial charge in [-0.2, -0.15) is 0 Å². The highest BCUT2D eigenvalue weighted by molar-refractivity contribution is 9.10. The first-order valence-electron chi connectivity index (χ1n) is 10.1. The van der Waals surface area contributed by atoms with Gasteiger partial charge in [-0.25, -0.2) is 14.6 Å². The number of hydrogen-bond donors (Lipinski definition) is 3. The number of para-hydroxylation sites is 1. The van der Waals surface area contributed by atoms with Crippen LogP contribution in [0.3, 0.4) is 0 Å². The van der Waals surface area contributed by atoms with Crippen molar-refractivity contribution >= 4 is 45.3 Å². The highest BCUT2D eigenvalue weighted by Crippen LogP contribution is 2.21. The standard InChI is InChI=1S/C24H19BrN6O3/c25-18-12-17(13-27-22(18)26)23(32)34-14-16-8-4-5-9-19(16)28-24(33)29-21-11-10-20(30-31-21)15-6-2-1-3-7-15/h1-13H,14H2,(H2,26,27)(H2,28,29,31,33). The Morgan fingerprint density at radius 3 is 2.44 bits per heavy atom. The van der Waals surface area contributed by atoms with Gasteiger partial charge >= 0.3 is 12.0 Å². The fourth-order valence-corrected chi connectivity index (χ4v) is 3.34. The lowest BCUT2D eigenvalue weighted by Gasteiger charge is -2.12. The molecule has 0 fully saturated rings. The molecule has 0 atom stereocenters. The SMILES string of the molecule is Nc1ncc(C(=O)OCc2ccccc2NC(=O)Nc2ccc(-c3ccccc3)nn2)cc1Br. The van der Waals surface area contributed by atoms with Crippen molar-refractivity contribution in [3.63, 3.8) is 0 Å². The number of nitrogen functional groups attached to an aromatic ring is 1. The molecule has 0 radical (unpaired) electrons. The van der Waals surface area contributed by atoms with Gasteiger partial charge in [0.05, 0.1) is 15.7 Å². The summed E-state index contributed by atoms with van der Waals surface area (Å²) in [4.78, 5) is 28.8. The molecule has 2 heterocycles. The quantitative estimate of drug-likeness (QED) is 0.309. The summed E-state index contributed by atoms with van der Waals surface area (Å²) in [6.07, 6.45) is 1.34. The Morgan fingerprint density at radius 2 is 1.71 bits per heavy atom. The molecule has 0 aliphatic rings. The zero-order chi connectivity index (χ0) is 23.9. The molecule has 34 heavy (non-hydrogen) atoms. The van der Waals surface area contributed by atoms with Gasteiger partial charge in [-0.3, -0.25) is 5.32 Å². The smallest absolute Gasteiger partial charge is 0.340 e. The number of carbonyl (C=O) groups is 2. The van der Waals surface area contributed by atoms with E-state index in [-0.39, 0.29) is 18.0 Å². The van der Waals surface area contributed by atoms with Crippen molar-refractivity contribution < 1.29 is 14.3 Å². The number of rotatable bonds is 6. The van der Waals surface area contributed by atoms with Gasteiger partial charge in [0.2, 0.25) is 0 Å². The third kappa shape index (κ3) is 5.73. The van der Waals surface area contributed by atoms with E-state index in [1.54, 1.807) is 36.4 Å². The molecule has 0 unspecified atom stereocenters. The number of esters is 1. The maximum atomic E-state index is 12.5. The number of nitrogens with zero attached hydrogens (tertiary/aromatic N) is 3. The summed E-state index contributed by atoms with van der Waals surface area (Å²) in [5.74, 6) is 0.000237. The van der Waals surface area contributed by atoms with E-state index in [2.05, 4.69) is 41.7 Å². The van der Waals surface area contributed by atoms with Crippen LogP contribution in [0.5, 0.6) is 0 Å². The van der Waals surface area contributed by atoms with E-state index in [4.69, 9.17) is 10.5 Å². The largest absolute Gasteiger partial charge is 0.457 e. The molecule has 0 bridgehead atoms. The molecule has 4 rings (SSSR count). The van der Waals surface area contributed by atoms with Crippen molar-refractivity contribution in [3.8, 4) is 11.3 Å². The van der Waals surface area contributed by atoms with Crippen LogP contribution in [0.25, 0.3) is 11.3 Å². The Morgan fingerprint density at radius 1 is 0.941 bits per heavy atom. The summed E-state index contributed by atoms with van der Waals surface area (Å²) < 4.78 is 5.87. The number of nitrogens with one attached hydrogen (secondary N) is 2. The zero-order valence-corrected chi connectivity index (χ0v) is 19.3. The summed E-state index contributed by atoms with van der Waals surface area (Å²) in [5.41, 5.74) is 8.61. The number of amides is 2. The van der Waals surface area contributed by atoms with Crippen molar-refractivity contribution in [3.05, 3.63) is 94.6 Å². The van der Waals surface area contributed by atoms with Crippen molar-refractivity contribution in [2.75, 3.05) is 16.4 Å². The Balaban J connectivity index is 1.37. The molecule has 4 N–H and O–H groups in total. The monoisotopic (exact) mass is 518 g/mol. The van der Waals surface area contributed by atoms with Crippen LogP contribution in [0, 0.1) is 0 Å². The highest BCUT2D eigenvalue weighted by atomic mass is 79.9. The minimum atomic E-state index is -0.568. The Bertz CT molecular complexity index is 1320. The first-order chi connectivity index (χ1) is 16.5. The second-order valence-corrected chi connectivity index (χ2v) is 7.93. The summed E-state index contributed by atoms with van der Waals surface area (Å²) in [6, 6.07) is 21.1. The number of benzene rings is 2. The molecular weight excluding hydrogens is 500 g/mol. The average Bonchev–Trinajstić information content (AvgIpc) is 2.86. The number of halogens is 1. The minimum absolute atomic E-state index is 0.0527. The van der Waals surface area contributed by atoms with Gasteiger partial charge < -0.3 is 15.8 Å². The Kier molecular flexibility index (Phi) is 7.09. The molecule has 2 aromatic carbocycles. The summed E-state index contributed by atoms with van der Waals surface area (Å²) >= 11 is 3.23. The number of nitrogens with two attached hydrogens (primary N) is 1. The van der Waals surface area contributed by atoms with E-state index < -0.39 is 12.0 Å². The van der Waals surface area contributed by atoms with E-state index in [0.29, 0.717) is 27.2 Å². The van der Waals surface area contributed by atoms with E-state index in [9.17, 15) is 9.59 Å². The molecule has 170 valence electrons. The van der Waals surface area contributed by atoms with Crippen LogP contribution in [-0.2, 0) is 11.3 Å². The summed E-state index contributed by atoms with van der Waals surface area (Å²) in [7, 11) is 0. The number of aromatic nitrogens is 3. The normalized spacial score (nSPS) is 10.4. The zero-order valence-electron chi connectivity index (χ0n) is 17.7. The number of carbonyl (C=O) groups excluding carboxylic acids is 2. The molecule has 2 amide bonds. The van der Waals surface area contributed by atoms with E-state index >= 15 is 0 Å². The molecule has 9 nitrogen and oxygen atoms in total. The predicted molar refractivity (Wildman–Crippen MR) is 132 cm³/mol. The van der Waals surface area contributed by atoms with Crippen molar-refractivity contribution in [2.24, 2.45) is 0 Å². The first-order valence-corrected chi connectivity index (χ1v) is 10.9. The fourth-order valence-electron chi connectivity index (χ4n) is 2.99. The van der Waals surface area contributed by atoms with Crippen molar-refractivity contribution in [2.45, 2.75) is 6.61 Å². The predicted octanol–water partition coefficient (Wildman–Crippen LogP) is 4.88. The third-order valence-corrected chi connectivity index (χ3v) is 5.34. The summed E-state index contributed by atoms with van der Waals surface area (Å²) in [5, 5.41) is 13.6. The molecule has 0 aliphatic heterocycles. The molecule has 10 heteroatoms. The van der Waals surface area contributed by atoms with Crippen LogP contribution in [0.4, 0.5) is 22.1 Å². The van der Waals surface area contributed by atoms with Crippen LogP contribution in [0.15, 0.2) is 83.5 Å². The van der Waals surface area contributed by atoms with Gasteiger partial charge in [-0.15, -0.1) is 10.2 Å². The maximum Gasteiger partial charge on any atom is 0.340 e. The first kappa shape index (κ1) is 22.9. The van der Waals surface area contributed by atoms with Crippen molar-refractivity contribution in [1.29, 1.82) is 0 Å². The molecule has 0 aliphatic carbocycles. The molecule has 0 spiro atoms. The lowest BCUT2D eigenvalue weighted by molar-refractivity contribution is 0.0473. The second kappa shape index (κ2) is 10.5. The minimum Gasteiger partial charge on any atom is -0.457 e. The van der Waals surface area contributed by atoms with Gasteiger partial charge in [0.15, 0.2) is 5.82 Å². The summed E-state index contributed by atoms with van der Waals surface area (Å²) in [6.45, 7) is -0.0527. The number of urea groups is 1. The number of hydrogen-bond acceptors (Lipinski definition) is 7. The highest BCUT2D eigenvalue weighted by Gasteiger charge is 2.13.